The standard InChI is InChI=1S/C22H23N3O4/c1-4-18(22(27)23-16-10-12-19(28-2)20(14-16)29-3)25-21(26)13-11-17(24-25)15-8-6-5-7-9-15/h5-14,18H,4H2,1-3H3,(H,23,27)/t18-/m1/s1. The molecule has 0 saturated carbocycles. The average Bonchev–Trinajstić information content (AvgIpc) is 2.76. The van der Waals surface area contributed by atoms with Crippen LogP contribution in [-0.2, 0) is 4.79 Å². The zero-order valence-electron chi connectivity index (χ0n) is 16.6. The molecule has 0 saturated heterocycles. The second-order valence-electron chi connectivity index (χ2n) is 6.35. The SMILES string of the molecule is CC[C@H](C(=O)Nc1ccc(OC)c(OC)c1)n1nc(-c2ccccc2)ccc1=O. The van der Waals surface area contributed by atoms with E-state index < -0.39 is 6.04 Å². The van der Waals surface area contributed by atoms with Crippen LogP contribution in [0.1, 0.15) is 19.4 Å². The molecular weight excluding hydrogens is 370 g/mol. The summed E-state index contributed by atoms with van der Waals surface area (Å²) in [6.45, 7) is 1.84. The number of carbonyl (C=O) groups is 1. The van der Waals surface area contributed by atoms with Gasteiger partial charge in [0.2, 0.25) is 5.91 Å². The molecule has 2 aromatic carbocycles. The molecule has 0 fully saturated rings. The van der Waals surface area contributed by atoms with Gasteiger partial charge in [-0.15, -0.1) is 0 Å². The third-order valence-electron chi connectivity index (χ3n) is 4.53. The number of nitrogens with zero attached hydrogens (tertiary/aromatic N) is 2. The molecule has 1 heterocycles. The molecule has 3 rings (SSSR count). The third kappa shape index (κ3) is 4.45. The number of methoxy groups -OCH3 is 2. The average molecular weight is 393 g/mol. The van der Waals surface area contributed by atoms with E-state index in [9.17, 15) is 9.59 Å². The van der Waals surface area contributed by atoms with Gasteiger partial charge in [-0.05, 0) is 24.6 Å². The molecule has 150 valence electrons. The van der Waals surface area contributed by atoms with E-state index in [0.29, 0.717) is 29.3 Å². The Morgan fingerprint density at radius 3 is 2.41 bits per heavy atom. The quantitative estimate of drug-likeness (QED) is 0.664. The zero-order valence-corrected chi connectivity index (χ0v) is 16.6. The molecule has 0 aliphatic rings. The lowest BCUT2D eigenvalue weighted by molar-refractivity contribution is -0.119. The molecule has 3 aromatic rings. The number of hydrogen-bond donors (Lipinski definition) is 1. The van der Waals surface area contributed by atoms with Crippen LogP contribution in [0.25, 0.3) is 11.3 Å². The van der Waals surface area contributed by atoms with Gasteiger partial charge in [-0.2, -0.15) is 5.10 Å². The predicted octanol–water partition coefficient (Wildman–Crippen LogP) is 3.52. The lowest BCUT2D eigenvalue weighted by atomic mass is 10.1. The highest BCUT2D eigenvalue weighted by Crippen LogP contribution is 2.30. The minimum absolute atomic E-state index is 0.334. The Morgan fingerprint density at radius 1 is 1.03 bits per heavy atom. The van der Waals surface area contributed by atoms with Gasteiger partial charge in [0, 0.05) is 23.4 Å². The van der Waals surface area contributed by atoms with Crippen molar-refractivity contribution in [3.8, 4) is 22.8 Å². The van der Waals surface area contributed by atoms with Gasteiger partial charge in [0.25, 0.3) is 5.56 Å². The number of benzene rings is 2. The highest BCUT2D eigenvalue weighted by molar-refractivity contribution is 5.94. The minimum atomic E-state index is -0.751. The van der Waals surface area contributed by atoms with Crippen LogP contribution in [0.15, 0.2) is 65.5 Å². The van der Waals surface area contributed by atoms with Crippen molar-refractivity contribution >= 4 is 11.6 Å². The molecule has 0 bridgehead atoms. The van der Waals surface area contributed by atoms with Gasteiger partial charge in [0.1, 0.15) is 6.04 Å². The number of aromatic nitrogens is 2. The van der Waals surface area contributed by atoms with Crippen LogP contribution < -0.4 is 20.3 Å². The van der Waals surface area contributed by atoms with Crippen molar-refractivity contribution < 1.29 is 14.3 Å². The second kappa shape index (κ2) is 9.05. The number of carbonyl (C=O) groups excluding carboxylic acids is 1. The van der Waals surface area contributed by atoms with Gasteiger partial charge in [0.05, 0.1) is 19.9 Å². The summed E-state index contributed by atoms with van der Waals surface area (Å²) in [5, 5.41) is 7.27. The van der Waals surface area contributed by atoms with Gasteiger partial charge < -0.3 is 14.8 Å². The van der Waals surface area contributed by atoms with Crippen LogP contribution in [0.2, 0.25) is 0 Å². The summed E-state index contributed by atoms with van der Waals surface area (Å²) in [5.41, 5.74) is 1.70. The van der Waals surface area contributed by atoms with Crippen LogP contribution in [0.5, 0.6) is 11.5 Å². The fourth-order valence-electron chi connectivity index (χ4n) is 3.02. The van der Waals surface area contributed by atoms with E-state index >= 15 is 0 Å². The molecule has 29 heavy (non-hydrogen) atoms. The molecule has 7 nitrogen and oxygen atoms in total. The summed E-state index contributed by atoms with van der Waals surface area (Å²) in [5.74, 6) is 0.727. The van der Waals surface area contributed by atoms with Crippen molar-refractivity contribution in [1.82, 2.24) is 9.78 Å². The summed E-state index contributed by atoms with van der Waals surface area (Å²) in [6, 6.07) is 16.9. The lowest BCUT2D eigenvalue weighted by Crippen LogP contribution is -2.34. The maximum Gasteiger partial charge on any atom is 0.267 e. The van der Waals surface area contributed by atoms with Crippen LogP contribution in [0.3, 0.4) is 0 Å². The molecule has 0 unspecified atom stereocenters. The Kier molecular flexibility index (Phi) is 6.29. The van der Waals surface area contributed by atoms with Gasteiger partial charge in [-0.25, -0.2) is 4.68 Å². The summed E-state index contributed by atoms with van der Waals surface area (Å²) >= 11 is 0. The van der Waals surface area contributed by atoms with Crippen LogP contribution in [0, 0.1) is 0 Å². The van der Waals surface area contributed by atoms with Gasteiger partial charge in [-0.3, -0.25) is 9.59 Å². The molecule has 0 radical (unpaired) electrons. The van der Waals surface area contributed by atoms with Gasteiger partial charge >= 0.3 is 0 Å². The fraction of sp³-hybridized carbons (Fsp3) is 0.227. The Labute approximate surface area is 168 Å². The van der Waals surface area contributed by atoms with E-state index in [1.165, 1.54) is 17.9 Å². The summed E-state index contributed by atoms with van der Waals surface area (Å²) in [6.07, 6.45) is 0.407. The summed E-state index contributed by atoms with van der Waals surface area (Å²) in [7, 11) is 3.07. The van der Waals surface area contributed by atoms with E-state index in [1.807, 2.05) is 37.3 Å². The second-order valence-corrected chi connectivity index (χ2v) is 6.35. The Balaban J connectivity index is 1.89. The van der Waals surface area contributed by atoms with Crippen molar-refractivity contribution in [2.45, 2.75) is 19.4 Å². The first kappa shape index (κ1) is 20.1. The Morgan fingerprint density at radius 2 is 1.76 bits per heavy atom. The van der Waals surface area contributed by atoms with E-state index in [2.05, 4.69) is 10.4 Å². The van der Waals surface area contributed by atoms with Crippen molar-refractivity contribution in [2.24, 2.45) is 0 Å². The maximum absolute atomic E-state index is 12.9. The fourth-order valence-corrected chi connectivity index (χ4v) is 3.02. The molecule has 1 aromatic heterocycles. The Hall–Kier alpha value is -3.61. The van der Waals surface area contributed by atoms with Gasteiger partial charge in [-0.1, -0.05) is 37.3 Å². The van der Waals surface area contributed by atoms with E-state index in [0.717, 1.165) is 5.56 Å². The van der Waals surface area contributed by atoms with Crippen molar-refractivity contribution in [3.05, 3.63) is 71.0 Å². The summed E-state index contributed by atoms with van der Waals surface area (Å²) in [4.78, 5) is 25.3. The highest BCUT2D eigenvalue weighted by atomic mass is 16.5. The Bertz CT molecular complexity index is 1050. The molecule has 0 spiro atoms. The highest BCUT2D eigenvalue weighted by Gasteiger charge is 2.22. The number of rotatable bonds is 7. The number of ether oxygens (including phenoxy) is 2. The molecule has 1 atom stereocenters. The first-order valence-corrected chi connectivity index (χ1v) is 9.25. The minimum Gasteiger partial charge on any atom is -0.493 e. The van der Waals surface area contributed by atoms with E-state index in [4.69, 9.17) is 9.47 Å². The zero-order chi connectivity index (χ0) is 20.8. The van der Waals surface area contributed by atoms with Crippen LogP contribution in [-0.4, -0.2) is 29.9 Å². The topological polar surface area (TPSA) is 82.4 Å². The first-order valence-electron chi connectivity index (χ1n) is 9.25. The normalized spacial score (nSPS) is 11.6. The molecule has 0 aliphatic carbocycles. The number of hydrogen-bond acceptors (Lipinski definition) is 5. The van der Waals surface area contributed by atoms with Crippen molar-refractivity contribution in [2.75, 3.05) is 19.5 Å². The molecule has 0 aliphatic heterocycles. The number of nitrogens with one attached hydrogen (secondary N) is 1. The van der Waals surface area contributed by atoms with Crippen LogP contribution in [0.4, 0.5) is 5.69 Å². The lowest BCUT2D eigenvalue weighted by Gasteiger charge is -2.18. The maximum atomic E-state index is 12.9. The summed E-state index contributed by atoms with van der Waals surface area (Å²) < 4.78 is 11.7. The van der Waals surface area contributed by atoms with E-state index in [-0.39, 0.29) is 11.5 Å². The first-order chi connectivity index (χ1) is 14.1. The predicted molar refractivity (Wildman–Crippen MR) is 111 cm³/mol. The smallest absolute Gasteiger partial charge is 0.267 e. The molecule has 1 N–H and O–H groups in total. The monoisotopic (exact) mass is 393 g/mol. The van der Waals surface area contributed by atoms with Crippen molar-refractivity contribution in [3.63, 3.8) is 0 Å². The van der Waals surface area contributed by atoms with Crippen molar-refractivity contribution in [1.29, 1.82) is 0 Å². The molecule has 7 heteroatoms. The van der Waals surface area contributed by atoms with Gasteiger partial charge in [0.15, 0.2) is 11.5 Å². The molecule has 1 amide bonds. The number of amides is 1. The van der Waals surface area contributed by atoms with Crippen LogP contribution >= 0.6 is 0 Å². The number of anilines is 1. The largest absolute Gasteiger partial charge is 0.493 e. The van der Waals surface area contributed by atoms with E-state index in [1.54, 1.807) is 31.4 Å². The third-order valence-corrected chi connectivity index (χ3v) is 4.53. The molecular formula is C22H23N3O4.